The monoisotopic (exact) mass is 289 g/mol. The Morgan fingerprint density at radius 1 is 1.50 bits per heavy atom. The third kappa shape index (κ3) is 4.49. The second kappa shape index (κ2) is 6.86. The molecule has 0 fully saturated rings. The first-order valence-corrected chi connectivity index (χ1v) is 6.21. The van der Waals surface area contributed by atoms with Crippen molar-refractivity contribution >= 4 is 15.9 Å². The molecule has 0 aromatic heterocycles. The summed E-state index contributed by atoms with van der Waals surface area (Å²) in [5.74, 6) is 0.849. The minimum absolute atomic E-state index is 0.264. The van der Waals surface area contributed by atoms with E-state index in [1.807, 2.05) is 0 Å². The zero-order valence-corrected chi connectivity index (χ0v) is 11.2. The van der Waals surface area contributed by atoms with Crippen LogP contribution in [-0.2, 0) is 0 Å². The highest BCUT2D eigenvalue weighted by Crippen LogP contribution is 2.25. The van der Waals surface area contributed by atoms with Gasteiger partial charge in [0.25, 0.3) is 0 Å². The van der Waals surface area contributed by atoms with E-state index in [1.165, 1.54) is 12.1 Å². The predicted octanol–water partition coefficient (Wildman–Crippen LogP) is 3.21. The van der Waals surface area contributed by atoms with Gasteiger partial charge in [0.15, 0.2) is 0 Å². The van der Waals surface area contributed by atoms with E-state index in [0.29, 0.717) is 22.7 Å². The maximum Gasteiger partial charge on any atom is 0.133 e. The smallest absolute Gasteiger partial charge is 0.133 e. The zero-order valence-electron chi connectivity index (χ0n) is 9.59. The fraction of sp³-hybridized carbons (Fsp3) is 0.500. The summed E-state index contributed by atoms with van der Waals surface area (Å²) in [6.45, 7) is 6.70. The van der Waals surface area contributed by atoms with E-state index in [4.69, 9.17) is 4.74 Å². The number of halogens is 2. The summed E-state index contributed by atoms with van der Waals surface area (Å²) < 4.78 is 19.1. The Balaban J connectivity index is 2.42. The van der Waals surface area contributed by atoms with Crippen molar-refractivity contribution in [2.45, 2.75) is 13.8 Å². The van der Waals surface area contributed by atoms with E-state index in [-0.39, 0.29) is 5.82 Å². The first-order chi connectivity index (χ1) is 7.63. The van der Waals surface area contributed by atoms with Crippen molar-refractivity contribution in [3.05, 3.63) is 28.5 Å². The summed E-state index contributed by atoms with van der Waals surface area (Å²) in [5.41, 5.74) is 0. The SMILES string of the molecule is CCNCC(C)COc1ccc(F)cc1Br. The highest BCUT2D eigenvalue weighted by atomic mass is 79.9. The maximum atomic E-state index is 12.8. The molecular weight excluding hydrogens is 273 g/mol. The molecule has 1 rings (SSSR count). The van der Waals surface area contributed by atoms with E-state index in [1.54, 1.807) is 6.07 Å². The number of nitrogens with one attached hydrogen (secondary N) is 1. The number of ether oxygens (including phenoxy) is 1. The standard InChI is InChI=1S/C12H17BrFNO/c1-3-15-7-9(2)8-16-12-5-4-10(14)6-11(12)13/h4-6,9,15H,3,7-8H2,1-2H3. The van der Waals surface area contributed by atoms with Crippen LogP contribution in [0.4, 0.5) is 4.39 Å². The van der Waals surface area contributed by atoms with Gasteiger partial charge in [0.05, 0.1) is 11.1 Å². The van der Waals surface area contributed by atoms with Crippen molar-refractivity contribution in [3.8, 4) is 5.75 Å². The van der Waals surface area contributed by atoms with Crippen molar-refractivity contribution < 1.29 is 9.13 Å². The largest absolute Gasteiger partial charge is 0.492 e. The topological polar surface area (TPSA) is 21.3 Å². The van der Waals surface area contributed by atoms with Gasteiger partial charge >= 0.3 is 0 Å². The summed E-state index contributed by atoms with van der Waals surface area (Å²) in [6.07, 6.45) is 0. The molecule has 0 spiro atoms. The second-order valence-corrected chi connectivity index (χ2v) is 4.65. The van der Waals surface area contributed by atoms with Crippen molar-refractivity contribution in [2.24, 2.45) is 5.92 Å². The molecule has 90 valence electrons. The van der Waals surface area contributed by atoms with Gasteiger partial charge in [-0.3, -0.25) is 0 Å². The average Bonchev–Trinajstić information content (AvgIpc) is 2.25. The van der Waals surface area contributed by atoms with Gasteiger partial charge < -0.3 is 10.1 Å². The minimum atomic E-state index is -0.264. The van der Waals surface area contributed by atoms with Crippen molar-refractivity contribution in [1.29, 1.82) is 0 Å². The van der Waals surface area contributed by atoms with E-state index in [0.717, 1.165) is 13.1 Å². The van der Waals surface area contributed by atoms with Gasteiger partial charge in [0.2, 0.25) is 0 Å². The van der Waals surface area contributed by atoms with Crippen LogP contribution in [0.15, 0.2) is 22.7 Å². The van der Waals surface area contributed by atoms with Crippen LogP contribution in [0.25, 0.3) is 0 Å². The normalized spacial score (nSPS) is 12.5. The summed E-state index contributed by atoms with van der Waals surface area (Å²) in [7, 11) is 0. The number of hydrogen-bond acceptors (Lipinski definition) is 2. The molecule has 0 aliphatic carbocycles. The summed E-state index contributed by atoms with van der Waals surface area (Å²) >= 11 is 3.27. The fourth-order valence-electron chi connectivity index (χ4n) is 1.27. The summed E-state index contributed by atoms with van der Waals surface area (Å²) in [5, 5.41) is 3.26. The summed E-state index contributed by atoms with van der Waals surface area (Å²) in [6, 6.07) is 4.44. The van der Waals surface area contributed by atoms with E-state index < -0.39 is 0 Å². The minimum Gasteiger partial charge on any atom is -0.492 e. The Labute approximate surface area is 104 Å². The molecule has 2 nitrogen and oxygen atoms in total. The van der Waals surface area contributed by atoms with Gasteiger partial charge in [0.1, 0.15) is 11.6 Å². The van der Waals surface area contributed by atoms with Crippen LogP contribution in [-0.4, -0.2) is 19.7 Å². The van der Waals surface area contributed by atoms with Crippen LogP contribution >= 0.6 is 15.9 Å². The molecule has 0 saturated heterocycles. The molecule has 0 radical (unpaired) electrons. The van der Waals surface area contributed by atoms with Crippen LogP contribution in [0.1, 0.15) is 13.8 Å². The number of hydrogen-bond donors (Lipinski definition) is 1. The van der Waals surface area contributed by atoms with E-state index in [9.17, 15) is 4.39 Å². The lowest BCUT2D eigenvalue weighted by molar-refractivity contribution is 0.255. The molecule has 4 heteroatoms. The lowest BCUT2D eigenvalue weighted by Gasteiger charge is -2.14. The van der Waals surface area contributed by atoms with Crippen LogP contribution in [0.5, 0.6) is 5.75 Å². The number of rotatable bonds is 6. The lowest BCUT2D eigenvalue weighted by Crippen LogP contribution is -2.24. The lowest BCUT2D eigenvalue weighted by atomic mass is 10.2. The molecule has 16 heavy (non-hydrogen) atoms. The molecule has 0 saturated carbocycles. The van der Waals surface area contributed by atoms with Crippen molar-refractivity contribution in [3.63, 3.8) is 0 Å². The Kier molecular flexibility index (Phi) is 5.77. The molecule has 1 unspecified atom stereocenters. The Bertz CT molecular complexity index is 333. The van der Waals surface area contributed by atoms with Crippen LogP contribution < -0.4 is 10.1 Å². The molecule has 1 N–H and O–H groups in total. The van der Waals surface area contributed by atoms with Crippen LogP contribution in [0.2, 0.25) is 0 Å². The molecule has 0 aliphatic heterocycles. The molecule has 1 aromatic rings. The molecule has 0 bridgehead atoms. The highest BCUT2D eigenvalue weighted by molar-refractivity contribution is 9.10. The van der Waals surface area contributed by atoms with Crippen molar-refractivity contribution in [2.75, 3.05) is 19.7 Å². The third-order valence-electron chi connectivity index (χ3n) is 2.16. The van der Waals surface area contributed by atoms with Gasteiger partial charge in [-0.05, 0) is 40.7 Å². The first kappa shape index (κ1) is 13.5. The number of benzene rings is 1. The van der Waals surface area contributed by atoms with Gasteiger partial charge in [-0.25, -0.2) is 4.39 Å². The first-order valence-electron chi connectivity index (χ1n) is 5.42. The van der Waals surface area contributed by atoms with Gasteiger partial charge in [-0.2, -0.15) is 0 Å². The highest BCUT2D eigenvalue weighted by Gasteiger charge is 2.06. The van der Waals surface area contributed by atoms with Crippen LogP contribution in [0, 0.1) is 11.7 Å². The van der Waals surface area contributed by atoms with Gasteiger partial charge in [0, 0.05) is 12.5 Å². The Morgan fingerprint density at radius 3 is 2.88 bits per heavy atom. The molecule has 0 amide bonds. The summed E-state index contributed by atoms with van der Waals surface area (Å²) in [4.78, 5) is 0. The predicted molar refractivity (Wildman–Crippen MR) is 67.3 cm³/mol. The maximum absolute atomic E-state index is 12.8. The molecular formula is C12H17BrFNO. The molecule has 1 aromatic carbocycles. The fourth-order valence-corrected chi connectivity index (χ4v) is 1.74. The van der Waals surface area contributed by atoms with Crippen LogP contribution in [0.3, 0.4) is 0 Å². The second-order valence-electron chi connectivity index (χ2n) is 3.80. The van der Waals surface area contributed by atoms with Crippen molar-refractivity contribution in [1.82, 2.24) is 5.32 Å². The zero-order chi connectivity index (χ0) is 12.0. The van der Waals surface area contributed by atoms with Gasteiger partial charge in [-0.1, -0.05) is 13.8 Å². The van der Waals surface area contributed by atoms with E-state index >= 15 is 0 Å². The molecule has 1 atom stereocenters. The molecule has 0 heterocycles. The Hall–Kier alpha value is -0.610. The third-order valence-corrected chi connectivity index (χ3v) is 2.78. The Morgan fingerprint density at radius 2 is 2.25 bits per heavy atom. The van der Waals surface area contributed by atoms with Gasteiger partial charge in [-0.15, -0.1) is 0 Å². The van der Waals surface area contributed by atoms with E-state index in [2.05, 4.69) is 35.1 Å². The average molecular weight is 290 g/mol. The molecule has 0 aliphatic rings. The quantitative estimate of drug-likeness (QED) is 0.868.